The lowest BCUT2D eigenvalue weighted by Gasteiger charge is -2.31. The molecular formula is C14H17NO3. The van der Waals surface area contributed by atoms with Crippen molar-refractivity contribution >= 4 is 11.9 Å². The summed E-state index contributed by atoms with van der Waals surface area (Å²) >= 11 is 0. The van der Waals surface area contributed by atoms with Crippen molar-refractivity contribution in [2.45, 2.75) is 32.9 Å². The monoisotopic (exact) mass is 247 g/mol. The summed E-state index contributed by atoms with van der Waals surface area (Å²) in [5, 5.41) is 0. The lowest BCUT2D eigenvalue weighted by molar-refractivity contribution is 0.0597. The highest BCUT2D eigenvalue weighted by Crippen LogP contribution is 2.29. The third-order valence-corrected chi connectivity index (χ3v) is 3.14. The van der Waals surface area contributed by atoms with Gasteiger partial charge in [0.15, 0.2) is 0 Å². The van der Waals surface area contributed by atoms with Crippen LogP contribution in [-0.4, -0.2) is 29.4 Å². The molecule has 4 heteroatoms. The van der Waals surface area contributed by atoms with Crippen molar-refractivity contribution in [2.24, 2.45) is 0 Å². The van der Waals surface area contributed by atoms with Crippen LogP contribution in [0.25, 0.3) is 0 Å². The highest BCUT2D eigenvalue weighted by Gasteiger charge is 2.34. The molecule has 1 aliphatic heterocycles. The van der Waals surface area contributed by atoms with Crippen LogP contribution in [0.15, 0.2) is 18.2 Å². The minimum absolute atomic E-state index is 0.0221. The van der Waals surface area contributed by atoms with Crippen LogP contribution in [0.4, 0.5) is 0 Å². The largest absolute Gasteiger partial charge is 0.465 e. The van der Waals surface area contributed by atoms with Crippen molar-refractivity contribution in [3.05, 3.63) is 34.9 Å². The van der Waals surface area contributed by atoms with Gasteiger partial charge in [0, 0.05) is 17.6 Å². The number of carbonyl (C=O) groups excluding carboxylic acids is 2. The Labute approximate surface area is 107 Å². The number of benzene rings is 1. The lowest BCUT2D eigenvalue weighted by atomic mass is 10.1. The average Bonchev–Trinajstić information content (AvgIpc) is 2.65. The summed E-state index contributed by atoms with van der Waals surface area (Å²) in [7, 11) is 1.35. The number of hydrogen-bond acceptors (Lipinski definition) is 3. The van der Waals surface area contributed by atoms with Crippen LogP contribution >= 0.6 is 0 Å². The minimum atomic E-state index is -0.376. The number of carbonyl (C=O) groups is 2. The maximum Gasteiger partial charge on any atom is 0.337 e. The van der Waals surface area contributed by atoms with Gasteiger partial charge < -0.3 is 9.64 Å². The standard InChI is InChI=1S/C14H17NO3/c1-14(2,3)15-8-10-7-9(13(17)18-4)5-6-11(10)12(15)16/h5-7H,8H2,1-4H3. The third-order valence-electron chi connectivity index (χ3n) is 3.14. The number of hydrogen-bond donors (Lipinski definition) is 0. The molecule has 0 spiro atoms. The van der Waals surface area contributed by atoms with E-state index in [0.717, 1.165) is 5.56 Å². The van der Waals surface area contributed by atoms with Crippen molar-refractivity contribution in [2.75, 3.05) is 7.11 Å². The number of rotatable bonds is 1. The first-order valence-electron chi connectivity index (χ1n) is 5.88. The number of methoxy groups -OCH3 is 1. The molecule has 1 aliphatic rings. The number of amides is 1. The molecule has 0 aromatic heterocycles. The zero-order valence-electron chi connectivity index (χ0n) is 11.1. The Morgan fingerprint density at radius 2 is 2.00 bits per heavy atom. The van der Waals surface area contributed by atoms with E-state index < -0.39 is 0 Å². The second-order valence-corrected chi connectivity index (χ2v) is 5.43. The molecule has 2 rings (SSSR count). The van der Waals surface area contributed by atoms with E-state index in [1.807, 2.05) is 20.8 Å². The first-order valence-corrected chi connectivity index (χ1v) is 5.88. The van der Waals surface area contributed by atoms with Crippen LogP contribution < -0.4 is 0 Å². The fourth-order valence-electron chi connectivity index (χ4n) is 2.11. The SMILES string of the molecule is COC(=O)c1ccc2c(c1)CN(C(C)(C)C)C2=O. The maximum absolute atomic E-state index is 12.2. The summed E-state index contributed by atoms with van der Waals surface area (Å²) in [5.74, 6) is -0.353. The predicted molar refractivity (Wildman–Crippen MR) is 67.4 cm³/mol. The van der Waals surface area contributed by atoms with E-state index in [2.05, 4.69) is 4.74 Å². The first kappa shape index (κ1) is 12.6. The quantitative estimate of drug-likeness (QED) is 0.715. The van der Waals surface area contributed by atoms with Crippen LogP contribution in [0.1, 0.15) is 47.1 Å². The molecular weight excluding hydrogens is 230 g/mol. The zero-order chi connectivity index (χ0) is 13.5. The summed E-state index contributed by atoms with van der Waals surface area (Å²) in [5.41, 5.74) is 1.83. The topological polar surface area (TPSA) is 46.6 Å². The van der Waals surface area contributed by atoms with Crippen molar-refractivity contribution in [3.63, 3.8) is 0 Å². The molecule has 0 saturated carbocycles. The Bertz CT molecular complexity index is 514. The van der Waals surface area contributed by atoms with E-state index in [4.69, 9.17) is 0 Å². The molecule has 1 amide bonds. The molecule has 0 fully saturated rings. The average molecular weight is 247 g/mol. The van der Waals surface area contributed by atoms with Gasteiger partial charge in [-0.15, -0.1) is 0 Å². The van der Waals surface area contributed by atoms with Gasteiger partial charge in [0.2, 0.25) is 0 Å². The number of ether oxygens (including phenoxy) is 1. The molecule has 1 aromatic carbocycles. The molecule has 0 atom stereocenters. The molecule has 0 unspecified atom stereocenters. The lowest BCUT2D eigenvalue weighted by Crippen LogP contribution is -2.41. The molecule has 0 saturated heterocycles. The van der Waals surface area contributed by atoms with Crippen LogP contribution in [-0.2, 0) is 11.3 Å². The normalized spacial score (nSPS) is 14.7. The van der Waals surface area contributed by atoms with Crippen molar-refractivity contribution in [3.8, 4) is 0 Å². The van der Waals surface area contributed by atoms with Crippen molar-refractivity contribution in [1.82, 2.24) is 4.90 Å². The van der Waals surface area contributed by atoms with E-state index in [-0.39, 0.29) is 17.4 Å². The molecule has 18 heavy (non-hydrogen) atoms. The molecule has 1 aromatic rings. The van der Waals surface area contributed by atoms with Crippen LogP contribution in [0.3, 0.4) is 0 Å². The number of fused-ring (bicyclic) bond motifs is 1. The van der Waals surface area contributed by atoms with E-state index in [1.165, 1.54) is 7.11 Å². The summed E-state index contributed by atoms with van der Waals surface area (Å²) < 4.78 is 4.68. The molecule has 0 N–H and O–H groups in total. The minimum Gasteiger partial charge on any atom is -0.465 e. The molecule has 4 nitrogen and oxygen atoms in total. The van der Waals surface area contributed by atoms with Gasteiger partial charge >= 0.3 is 5.97 Å². The first-order chi connectivity index (χ1) is 8.34. The van der Waals surface area contributed by atoms with Gasteiger partial charge in [-0.2, -0.15) is 0 Å². The van der Waals surface area contributed by atoms with Gasteiger partial charge in [0.1, 0.15) is 0 Å². The van der Waals surface area contributed by atoms with Gasteiger partial charge in [0.25, 0.3) is 5.91 Å². The van der Waals surface area contributed by atoms with Gasteiger partial charge in [-0.1, -0.05) is 0 Å². The third kappa shape index (κ3) is 1.98. The number of esters is 1. The van der Waals surface area contributed by atoms with E-state index in [1.54, 1.807) is 23.1 Å². The van der Waals surface area contributed by atoms with Gasteiger partial charge in [0.05, 0.1) is 12.7 Å². The fraction of sp³-hybridized carbons (Fsp3) is 0.429. The highest BCUT2D eigenvalue weighted by atomic mass is 16.5. The Morgan fingerprint density at radius 3 is 2.56 bits per heavy atom. The van der Waals surface area contributed by atoms with Gasteiger partial charge in [-0.3, -0.25) is 4.79 Å². The Morgan fingerprint density at radius 1 is 1.33 bits per heavy atom. The zero-order valence-corrected chi connectivity index (χ0v) is 11.1. The Kier molecular flexibility index (Phi) is 2.89. The number of nitrogens with zero attached hydrogens (tertiary/aromatic N) is 1. The second kappa shape index (κ2) is 4.12. The second-order valence-electron chi connectivity index (χ2n) is 5.43. The molecule has 0 radical (unpaired) electrons. The summed E-state index contributed by atoms with van der Waals surface area (Å²) in [6, 6.07) is 5.08. The van der Waals surface area contributed by atoms with Crippen LogP contribution in [0, 0.1) is 0 Å². The highest BCUT2D eigenvalue weighted by molar-refractivity contribution is 6.00. The molecule has 0 bridgehead atoms. The predicted octanol–water partition coefficient (Wildman–Crippen LogP) is 2.23. The van der Waals surface area contributed by atoms with Gasteiger partial charge in [-0.25, -0.2) is 4.79 Å². The Balaban J connectivity index is 2.38. The molecule has 0 aliphatic carbocycles. The fourth-order valence-corrected chi connectivity index (χ4v) is 2.11. The van der Waals surface area contributed by atoms with Crippen molar-refractivity contribution in [1.29, 1.82) is 0 Å². The van der Waals surface area contributed by atoms with E-state index in [0.29, 0.717) is 17.7 Å². The van der Waals surface area contributed by atoms with E-state index in [9.17, 15) is 9.59 Å². The summed E-state index contributed by atoms with van der Waals surface area (Å²) in [6.07, 6.45) is 0. The Hall–Kier alpha value is -1.84. The molecule has 96 valence electrons. The van der Waals surface area contributed by atoms with Crippen LogP contribution in [0.2, 0.25) is 0 Å². The maximum atomic E-state index is 12.2. The van der Waals surface area contributed by atoms with Crippen molar-refractivity contribution < 1.29 is 14.3 Å². The summed E-state index contributed by atoms with van der Waals surface area (Å²) in [6.45, 7) is 6.54. The summed E-state index contributed by atoms with van der Waals surface area (Å²) in [4.78, 5) is 25.5. The smallest absolute Gasteiger partial charge is 0.337 e. The van der Waals surface area contributed by atoms with E-state index >= 15 is 0 Å². The molecule has 1 heterocycles. The van der Waals surface area contributed by atoms with Crippen LogP contribution in [0.5, 0.6) is 0 Å². The van der Waals surface area contributed by atoms with Gasteiger partial charge in [-0.05, 0) is 44.5 Å².